The van der Waals surface area contributed by atoms with Crippen molar-refractivity contribution in [1.29, 1.82) is 0 Å². The van der Waals surface area contributed by atoms with Crippen LogP contribution in [0.5, 0.6) is 0 Å². The summed E-state index contributed by atoms with van der Waals surface area (Å²) in [6.45, 7) is 5.93. The van der Waals surface area contributed by atoms with Crippen molar-refractivity contribution in [3.05, 3.63) is 22.4 Å². The quantitative estimate of drug-likeness (QED) is 0.867. The lowest BCUT2D eigenvalue weighted by molar-refractivity contribution is 0.201. The molecule has 0 spiro atoms. The van der Waals surface area contributed by atoms with Crippen LogP contribution in [-0.2, 0) is 0 Å². The van der Waals surface area contributed by atoms with Crippen LogP contribution in [0, 0.1) is 5.92 Å². The van der Waals surface area contributed by atoms with Gasteiger partial charge in [-0.2, -0.15) is 0 Å². The van der Waals surface area contributed by atoms with E-state index in [1.165, 1.54) is 37.4 Å². The zero-order chi connectivity index (χ0) is 11.4. The van der Waals surface area contributed by atoms with Crippen molar-refractivity contribution in [2.24, 2.45) is 5.92 Å². The minimum absolute atomic E-state index is 0.557. The van der Waals surface area contributed by atoms with Crippen LogP contribution in [0.4, 0.5) is 0 Å². The number of hydrogen-bond acceptors (Lipinski definition) is 3. The van der Waals surface area contributed by atoms with Crippen molar-refractivity contribution >= 4 is 11.3 Å². The largest absolute Gasteiger partial charge is 0.316 e. The van der Waals surface area contributed by atoms with Crippen LogP contribution in [-0.4, -0.2) is 31.6 Å². The molecule has 1 saturated heterocycles. The van der Waals surface area contributed by atoms with Gasteiger partial charge in [-0.25, -0.2) is 0 Å². The first-order valence-corrected chi connectivity index (χ1v) is 7.09. The van der Waals surface area contributed by atoms with Gasteiger partial charge in [0.15, 0.2) is 0 Å². The Bertz CT molecular complexity index is 291. The second kappa shape index (κ2) is 5.80. The number of rotatable bonds is 4. The minimum Gasteiger partial charge on any atom is -0.316 e. The molecule has 0 aliphatic carbocycles. The average Bonchev–Trinajstić information content (AvgIpc) is 2.83. The molecule has 2 nitrogen and oxygen atoms in total. The van der Waals surface area contributed by atoms with Crippen LogP contribution < -0.4 is 5.32 Å². The number of hydrogen-bond donors (Lipinski definition) is 1. The molecule has 0 radical (unpaired) electrons. The third-order valence-corrected chi connectivity index (χ3v) is 4.60. The SMILES string of the molecule is C[C@H](c1cccs1)N(C)C[C@@H]1CCCNC1. The standard InChI is InChI=1S/C13H22N2S/c1-11(13-6-4-8-16-13)15(2)10-12-5-3-7-14-9-12/h4,6,8,11-12,14H,3,5,7,9-10H2,1-2H3/t11-,12-/m1/s1. The molecule has 2 rings (SSSR count). The van der Waals surface area contributed by atoms with E-state index in [-0.39, 0.29) is 0 Å². The topological polar surface area (TPSA) is 15.3 Å². The summed E-state index contributed by atoms with van der Waals surface area (Å²) in [5.74, 6) is 0.834. The summed E-state index contributed by atoms with van der Waals surface area (Å²) in [6.07, 6.45) is 2.72. The van der Waals surface area contributed by atoms with Gasteiger partial charge in [-0.1, -0.05) is 6.07 Å². The maximum absolute atomic E-state index is 3.49. The number of thiophene rings is 1. The van der Waals surface area contributed by atoms with Crippen molar-refractivity contribution in [2.45, 2.75) is 25.8 Å². The Morgan fingerprint density at radius 1 is 1.62 bits per heavy atom. The molecule has 1 N–H and O–H groups in total. The fraction of sp³-hybridized carbons (Fsp3) is 0.692. The van der Waals surface area contributed by atoms with E-state index in [0.29, 0.717) is 6.04 Å². The molecule has 1 fully saturated rings. The van der Waals surface area contributed by atoms with E-state index < -0.39 is 0 Å². The molecule has 1 aromatic rings. The van der Waals surface area contributed by atoms with Gasteiger partial charge in [0.25, 0.3) is 0 Å². The van der Waals surface area contributed by atoms with Gasteiger partial charge >= 0.3 is 0 Å². The molecule has 0 unspecified atom stereocenters. The number of nitrogens with one attached hydrogen (secondary N) is 1. The molecule has 3 heteroatoms. The Kier molecular flexibility index (Phi) is 4.38. The summed E-state index contributed by atoms with van der Waals surface area (Å²) in [4.78, 5) is 3.97. The minimum atomic E-state index is 0.557. The van der Waals surface area contributed by atoms with Crippen molar-refractivity contribution < 1.29 is 0 Å². The summed E-state index contributed by atoms with van der Waals surface area (Å²) < 4.78 is 0. The molecular formula is C13H22N2S. The molecule has 0 saturated carbocycles. The lowest BCUT2D eigenvalue weighted by atomic mass is 9.98. The van der Waals surface area contributed by atoms with Gasteiger partial charge in [-0.15, -0.1) is 11.3 Å². The zero-order valence-electron chi connectivity index (χ0n) is 10.3. The molecule has 1 aliphatic rings. The van der Waals surface area contributed by atoms with Gasteiger partial charge in [-0.05, 0) is 57.3 Å². The second-order valence-corrected chi connectivity index (χ2v) is 5.82. The van der Waals surface area contributed by atoms with Crippen LogP contribution in [0.3, 0.4) is 0 Å². The van der Waals surface area contributed by atoms with E-state index in [9.17, 15) is 0 Å². The summed E-state index contributed by atoms with van der Waals surface area (Å²) >= 11 is 1.86. The van der Waals surface area contributed by atoms with Gasteiger partial charge in [0, 0.05) is 17.5 Å². The summed E-state index contributed by atoms with van der Waals surface area (Å²) in [5.41, 5.74) is 0. The van der Waals surface area contributed by atoms with Crippen molar-refractivity contribution in [3.63, 3.8) is 0 Å². The molecule has 0 amide bonds. The van der Waals surface area contributed by atoms with Crippen molar-refractivity contribution in [2.75, 3.05) is 26.7 Å². The third kappa shape index (κ3) is 3.06. The molecular weight excluding hydrogens is 216 g/mol. The average molecular weight is 238 g/mol. The predicted molar refractivity (Wildman–Crippen MR) is 71.0 cm³/mol. The normalized spacial score (nSPS) is 23.6. The summed E-state index contributed by atoms with van der Waals surface area (Å²) in [7, 11) is 2.25. The van der Waals surface area contributed by atoms with Gasteiger partial charge in [-0.3, -0.25) is 4.90 Å². The molecule has 0 aromatic carbocycles. The fourth-order valence-electron chi connectivity index (χ4n) is 2.39. The highest BCUT2D eigenvalue weighted by atomic mass is 32.1. The second-order valence-electron chi connectivity index (χ2n) is 4.84. The first-order chi connectivity index (χ1) is 7.77. The highest BCUT2D eigenvalue weighted by Gasteiger charge is 2.19. The first kappa shape index (κ1) is 12.1. The Balaban J connectivity index is 1.84. The Morgan fingerprint density at radius 2 is 2.50 bits per heavy atom. The predicted octanol–water partition coefficient (Wildman–Crippen LogP) is 2.74. The van der Waals surface area contributed by atoms with E-state index in [1.54, 1.807) is 0 Å². The lowest BCUT2D eigenvalue weighted by Gasteiger charge is -2.30. The van der Waals surface area contributed by atoms with Crippen LogP contribution in [0.2, 0.25) is 0 Å². The summed E-state index contributed by atoms with van der Waals surface area (Å²) in [6, 6.07) is 4.94. The smallest absolute Gasteiger partial charge is 0.0410 e. The van der Waals surface area contributed by atoms with E-state index >= 15 is 0 Å². The number of nitrogens with zero attached hydrogens (tertiary/aromatic N) is 1. The third-order valence-electron chi connectivity index (χ3n) is 3.56. The van der Waals surface area contributed by atoms with Crippen LogP contribution in [0.1, 0.15) is 30.7 Å². The molecule has 2 atom stereocenters. The number of piperidine rings is 1. The molecule has 1 aromatic heterocycles. The molecule has 1 aliphatic heterocycles. The highest BCUT2D eigenvalue weighted by Crippen LogP contribution is 2.24. The fourth-order valence-corrected chi connectivity index (χ4v) is 3.24. The van der Waals surface area contributed by atoms with Crippen LogP contribution >= 0.6 is 11.3 Å². The molecule has 2 heterocycles. The maximum atomic E-state index is 3.49. The monoisotopic (exact) mass is 238 g/mol. The van der Waals surface area contributed by atoms with Crippen molar-refractivity contribution in [3.8, 4) is 0 Å². The zero-order valence-corrected chi connectivity index (χ0v) is 11.1. The Morgan fingerprint density at radius 3 is 3.12 bits per heavy atom. The van der Waals surface area contributed by atoms with E-state index in [2.05, 4.69) is 41.7 Å². The van der Waals surface area contributed by atoms with Gasteiger partial charge < -0.3 is 5.32 Å². The Hall–Kier alpha value is -0.380. The summed E-state index contributed by atoms with van der Waals surface area (Å²) in [5, 5.41) is 5.66. The molecule has 90 valence electrons. The van der Waals surface area contributed by atoms with E-state index in [0.717, 1.165) is 5.92 Å². The van der Waals surface area contributed by atoms with Crippen molar-refractivity contribution in [1.82, 2.24) is 10.2 Å². The first-order valence-electron chi connectivity index (χ1n) is 6.21. The van der Waals surface area contributed by atoms with Crippen LogP contribution in [0.15, 0.2) is 17.5 Å². The highest BCUT2D eigenvalue weighted by molar-refractivity contribution is 7.10. The maximum Gasteiger partial charge on any atom is 0.0410 e. The lowest BCUT2D eigenvalue weighted by Crippen LogP contribution is -2.37. The van der Waals surface area contributed by atoms with Gasteiger partial charge in [0.1, 0.15) is 0 Å². The molecule has 0 bridgehead atoms. The van der Waals surface area contributed by atoms with E-state index in [1.807, 2.05) is 11.3 Å². The van der Waals surface area contributed by atoms with E-state index in [4.69, 9.17) is 0 Å². The van der Waals surface area contributed by atoms with Crippen LogP contribution in [0.25, 0.3) is 0 Å². The molecule has 16 heavy (non-hydrogen) atoms. The Labute approximate surface area is 103 Å². The van der Waals surface area contributed by atoms with Gasteiger partial charge in [0.05, 0.1) is 0 Å². The van der Waals surface area contributed by atoms with Gasteiger partial charge in [0.2, 0.25) is 0 Å².